The van der Waals surface area contributed by atoms with Crippen LogP contribution in [-0.2, 0) is 12.0 Å². The Labute approximate surface area is 172 Å². The van der Waals surface area contributed by atoms with Crippen LogP contribution in [0.5, 0.6) is 0 Å². The number of nitrogens with one attached hydrogen (secondary N) is 2. The zero-order chi connectivity index (χ0) is 21.4. The maximum atomic E-state index is 12.1. The first kappa shape index (κ1) is 22.5. The lowest BCUT2D eigenvalue weighted by Crippen LogP contribution is -2.39. The van der Waals surface area contributed by atoms with Crippen LogP contribution in [0, 0.1) is 6.92 Å². The molecule has 1 heterocycles. The zero-order valence-corrected chi connectivity index (χ0v) is 18.0. The lowest BCUT2D eigenvalue weighted by Gasteiger charge is -2.19. The van der Waals surface area contributed by atoms with Crippen LogP contribution in [0.15, 0.2) is 45.8 Å². The van der Waals surface area contributed by atoms with Crippen LogP contribution in [0.3, 0.4) is 0 Å². The number of hydrogen-bond donors (Lipinski definition) is 3. The van der Waals surface area contributed by atoms with Gasteiger partial charge in [-0.3, -0.25) is 4.79 Å². The molecule has 1 atom stereocenters. The summed E-state index contributed by atoms with van der Waals surface area (Å²) < 4.78 is 5.54. The van der Waals surface area contributed by atoms with E-state index < -0.39 is 5.60 Å². The summed E-state index contributed by atoms with van der Waals surface area (Å²) in [6.45, 7) is 7.04. The van der Waals surface area contributed by atoms with Gasteiger partial charge in [0, 0.05) is 32.7 Å². The SMILES string of the molecule is CCNC(=NCC(C)(O)c1ccc(C)o1)NCCc1cccc(C(=O)N(C)C)c1. The van der Waals surface area contributed by atoms with Gasteiger partial charge in [0.05, 0.1) is 6.54 Å². The third kappa shape index (κ3) is 6.64. The predicted octanol–water partition coefficient (Wildman–Crippen LogP) is 2.30. The van der Waals surface area contributed by atoms with Crippen molar-refractivity contribution in [3.8, 4) is 0 Å². The van der Waals surface area contributed by atoms with Crippen LogP contribution in [0.2, 0.25) is 0 Å². The van der Waals surface area contributed by atoms with E-state index in [1.54, 1.807) is 32.0 Å². The molecule has 0 radical (unpaired) electrons. The van der Waals surface area contributed by atoms with Crippen LogP contribution >= 0.6 is 0 Å². The normalized spacial score (nSPS) is 13.7. The van der Waals surface area contributed by atoms with Gasteiger partial charge in [-0.1, -0.05) is 12.1 Å². The molecule has 1 unspecified atom stereocenters. The van der Waals surface area contributed by atoms with E-state index >= 15 is 0 Å². The molecule has 158 valence electrons. The second-order valence-electron chi connectivity index (χ2n) is 7.46. The number of guanidine groups is 1. The van der Waals surface area contributed by atoms with Gasteiger partial charge in [0.2, 0.25) is 0 Å². The molecule has 0 aliphatic rings. The number of hydrogen-bond acceptors (Lipinski definition) is 4. The largest absolute Gasteiger partial charge is 0.463 e. The molecular weight excluding hydrogens is 368 g/mol. The van der Waals surface area contributed by atoms with Gasteiger partial charge in [0.1, 0.15) is 17.1 Å². The van der Waals surface area contributed by atoms with Crippen molar-refractivity contribution in [2.45, 2.75) is 32.8 Å². The number of aliphatic imine (C=N–C) groups is 1. The van der Waals surface area contributed by atoms with E-state index in [1.165, 1.54) is 0 Å². The van der Waals surface area contributed by atoms with Crippen LogP contribution < -0.4 is 10.6 Å². The number of rotatable bonds is 8. The second kappa shape index (κ2) is 10.1. The van der Waals surface area contributed by atoms with E-state index in [0.29, 0.717) is 30.4 Å². The molecule has 3 N–H and O–H groups in total. The number of furan rings is 1. The number of carbonyl (C=O) groups is 1. The first-order chi connectivity index (χ1) is 13.7. The molecule has 1 aromatic carbocycles. The predicted molar refractivity (Wildman–Crippen MR) is 115 cm³/mol. The van der Waals surface area contributed by atoms with E-state index in [1.807, 2.05) is 44.2 Å². The number of aryl methyl sites for hydroxylation is 1. The molecule has 0 fully saturated rings. The summed E-state index contributed by atoms with van der Waals surface area (Å²) in [7, 11) is 3.49. The first-order valence-electron chi connectivity index (χ1n) is 9.85. The maximum Gasteiger partial charge on any atom is 0.253 e. The molecule has 0 aliphatic heterocycles. The summed E-state index contributed by atoms with van der Waals surface area (Å²) in [5, 5.41) is 17.1. The molecule has 29 heavy (non-hydrogen) atoms. The molecule has 0 saturated carbocycles. The van der Waals surface area contributed by atoms with Crippen molar-refractivity contribution in [1.82, 2.24) is 15.5 Å². The second-order valence-corrected chi connectivity index (χ2v) is 7.46. The third-order valence-corrected chi connectivity index (χ3v) is 4.45. The van der Waals surface area contributed by atoms with Gasteiger partial charge in [-0.05, 0) is 57.0 Å². The molecule has 1 amide bonds. The van der Waals surface area contributed by atoms with E-state index in [9.17, 15) is 9.90 Å². The van der Waals surface area contributed by atoms with Crippen LogP contribution in [0.4, 0.5) is 0 Å². The molecular formula is C22H32N4O3. The van der Waals surface area contributed by atoms with Gasteiger partial charge >= 0.3 is 0 Å². The summed E-state index contributed by atoms with van der Waals surface area (Å²) in [5.41, 5.74) is 0.564. The van der Waals surface area contributed by atoms with Crippen LogP contribution in [0.25, 0.3) is 0 Å². The van der Waals surface area contributed by atoms with Crippen LogP contribution in [0.1, 0.15) is 41.3 Å². The van der Waals surface area contributed by atoms with Gasteiger partial charge in [0.15, 0.2) is 5.96 Å². The lowest BCUT2D eigenvalue weighted by atomic mass is 10.0. The third-order valence-electron chi connectivity index (χ3n) is 4.45. The Balaban J connectivity index is 1.96. The van der Waals surface area contributed by atoms with Crippen molar-refractivity contribution in [1.29, 1.82) is 0 Å². The average Bonchev–Trinajstić information content (AvgIpc) is 3.13. The van der Waals surface area contributed by atoms with Crippen molar-refractivity contribution in [3.05, 3.63) is 59.0 Å². The number of carbonyl (C=O) groups excluding carboxylic acids is 1. The molecule has 1 aromatic heterocycles. The highest BCUT2D eigenvalue weighted by Crippen LogP contribution is 2.23. The quantitative estimate of drug-likeness (QED) is 0.467. The molecule has 0 spiro atoms. The van der Waals surface area contributed by atoms with E-state index in [-0.39, 0.29) is 12.5 Å². The summed E-state index contributed by atoms with van der Waals surface area (Å²) in [6.07, 6.45) is 0.743. The smallest absolute Gasteiger partial charge is 0.253 e. The van der Waals surface area contributed by atoms with Crippen LogP contribution in [-0.4, -0.2) is 55.6 Å². The van der Waals surface area contributed by atoms with Gasteiger partial charge in [-0.25, -0.2) is 4.99 Å². The molecule has 0 bridgehead atoms. The monoisotopic (exact) mass is 400 g/mol. The number of amides is 1. The zero-order valence-electron chi connectivity index (χ0n) is 18.0. The Kier molecular flexibility index (Phi) is 7.84. The molecule has 0 aliphatic carbocycles. The van der Waals surface area contributed by atoms with E-state index in [2.05, 4.69) is 15.6 Å². The van der Waals surface area contributed by atoms with Gasteiger partial charge in [-0.15, -0.1) is 0 Å². The molecule has 2 aromatic rings. The molecule has 7 nitrogen and oxygen atoms in total. The Morgan fingerprint density at radius 1 is 1.24 bits per heavy atom. The Morgan fingerprint density at radius 3 is 2.62 bits per heavy atom. The summed E-state index contributed by atoms with van der Waals surface area (Å²) in [4.78, 5) is 18.2. The van der Waals surface area contributed by atoms with E-state index in [0.717, 1.165) is 17.7 Å². The molecule has 7 heteroatoms. The van der Waals surface area contributed by atoms with E-state index in [4.69, 9.17) is 4.42 Å². The lowest BCUT2D eigenvalue weighted by molar-refractivity contribution is 0.0428. The summed E-state index contributed by atoms with van der Waals surface area (Å²) >= 11 is 0. The Morgan fingerprint density at radius 2 is 2.00 bits per heavy atom. The highest BCUT2D eigenvalue weighted by atomic mass is 16.4. The highest BCUT2D eigenvalue weighted by molar-refractivity contribution is 5.94. The summed E-state index contributed by atoms with van der Waals surface area (Å²) in [5.74, 6) is 1.86. The van der Waals surface area contributed by atoms with Crippen molar-refractivity contribution in [2.75, 3.05) is 33.7 Å². The fourth-order valence-electron chi connectivity index (χ4n) is 2.82. The van der Waals surface area contributed by atoms with Gasteiger partial charge in [-0.2, -0.15) is 0 Å². The summed E-state index contributed by atoms with van der Waals surface area (Å²) in [6, 6.07) is 11.2. The standard InChI is InChI=1S/C22H32N4O3/c1-6-23-21(25-15-22(3,28)19-11-10-16(2)29-19)24-13-12-17-8-7-9-18(14-17)20(27)26(4)5/h7-11,14,28H,6,12-13,15H2,1-5H3,(H2,23,24,25). The van der Waals surface area contributed by atoms with Gasteiger partial charge < -0.3 is 25.1 Å². The number of nitrogens with zero attached hydrogens (tertiary/aromatic N) is 2. The number of aliphatic hydroxyl groups is 1. The van der Waals surface area contributed by atoms with Crippen molar-refractivity contribution in [3.63, 3.8) is 0 Å². The molecule has 0 saturated heterocycles. The van der Waals surface area contributed by atoms with Crippen molar-refractivity contribution in [2.24, 2.45) is 4.99 Å². The minimum Gasteiger partial charge on any atom is -0.463 e. The van der Waals surface area contributed by atoms with Crippen molar-refractivity contribution >= 4 is 11.9 Å². The first-order valence-corrected chi connectivity index (χ1v) is 9.85. The fraction of sp³-hybridized carbons (Fsp3) is 0.455. The minimum absolute atomic E-state index is 0.00916. The Bertz CT molecular complexity index is 840. The van der Waals surface area contributed by atoms with Crippen molar-refractivity contribution < 1.29 is 14.3 Å². The fourth-order valence-corrected chi connectivity index (χ4v) is 2.82. The highest BCUT2D eigenvalue weighted by Gasteiger charge is 2.26. The Hall–Kier alpha value is -2.80. The maximum absolute atomic E-state index is 12.1. The number of benzene rings is 1. The van der Waals surface area contributed by atoms with Gasteiger partial charge in [0.25, 0.3) is 5.91 Å². The molecule has 2 rings (SSSR count). The minimum atomic E-state index is -1.18. The average molecular weight is 401 g/mol. The topological polar surface area (TPSA) is 90.1 Å².